The van der Waals surface area contributed by atoms with Gasteiger partial charge in [0.15, 0.2) is 5.82 Å². The van der Waals surface area contributed by atoms with Crippen LogP contribution in [-0.2, 0) is 14.6 Å². The van der Waals surface area contributed by atoms with Gasteiger partial charge in [0.25, 0.3) is 5.92 Å². The van der Waals surface area contributed by atoms with Crippen LogP contribution in [0, 0.1) is 5.92 Å². The van der Waals surface area contributed by atoms with Gasteiger partial charge in [-0.2, -0.15) is 10.1 Å². The number of pyridine rings is 1. The van der Waals surface area contributed by atoms with Crippen LogP contribution in [0.4, 0.5) is 32.2 Å². The third-order valence-corrected chi connectivity index (χ3v) is 9.00. The second-order valence-electron chi connectivity index (χ2n) is 11.4. The van der Waals surface area contributed by atoms with Gasteiger partial charge < -0.3 is 19.9 Å². The summed E-state index contributed by atoms with van der Waals surface area (Å²) < 4.78 is 58.4. The number of fused-ring (bicyclic) bond motifs is 1. The quantitative estimate of drug-likeness (QED) is 0.447. The molecule has 6 heterocycles. The second-order valence-corrected chi connectivity index (χ2v) is 13.6. The van der Waals surface area contributed by atoms with E-state index in [1.807, 2.05) is 24.8 Å². The Morgan fingerprint density at radius 3 is 2.55 bits per heavy atom. The second kappa shape index (κ2) is 9.68. The summed E-state index contributed by atoms with van der Waals surface area (Å²) >= 11 is 0. The number of hydrogen-bond acceptors (Lipinski definition) is 11. The average molecular weight is 575 g/mol. The maximum absolute atomic E-state index is 14.9. The summed E-state index contributed by atoms with van der Waals surface area (Å²) in [5, 5.41) is 13.8. The van der Waals surface area contributed by atoms with Crippen LogP contribution in [0.1, 0.15) is 38.3 Å². The third-order valence-electron chi connectivity index (χ3n) is 7.92. The molecule has 1 N–H and O–H groups in total. The monoisotopic (exact) mass is 574 g/mol. The Bertz CT molecular complexity index is 1540. The van der Waals surface area contributed by atoms with E-state index >= 15 is 0 Å². The molecule has 40 heavy (non-hydrogen) atoms. The smallest absolute Gasteiger partial charge is 0.293 e. The standard InChI is InChI=1S/C26H32F2N8O3S/c1-16(2)22-18-10-21(30-11-19(18)23(34-33-22)36-12-17(13-36)14-40(3,37)38)31-20-4-7-29-24(32-20)35-8-5-25(6-9-39-25)26(27,28)15-35/h4,7,10-11,16-17H,5-6,8-9,12-15H2,1-3H3,(H,29,30,31,32)/t25-/m1/s1. The number of hydrogen-bond donors (Lipinski definition) is 1. The molecule has 3 aliphatic rings. The molecule has 1 atom stereocenters. The van der Waals surface area contributed by atoms with Crippen molar-refractivity contribution in [3.8, 4) is 0 Å². The largest absolute Gasteiger partial charge is 0.368 e. The van der Waals surface area contributed by atoms with Crippen molar-refractivity contribution in [1.29, 1.82) is 0 Å². The van der Waals surface area contributed by atoms with Crippen molar-refractivity contribution in [2.75, 3.05) is 59.9 Å². The van der Waals surface area contributed by atoms with E-state index in [9.17, 15) is 17.2 Å². The van der Waals surface area contributed by atoms with Crippen LogP contribution >= 0.6 is 0 Å². The Morgan fingerprint density at radius 2 is 1.90 bits per heavy atom. The number of aromatic nitrogens is 5. The molecule has 0 aliphatic carbocycles. The summed E-state index contributed by atoms with van der Waals surface area (Å²) in [7, 11) is -3.05. The Balaban J connectivity index is 1.23. The van der Waals surface area contributed by atoms with E-state index in [0.29, 0.717) is 50.1 Å². The fourth-order valence-corrected chi connectivity index (χ4v) is 6.79. The lowest BCUT2D eigenvalue weighted by molar-refractivity contribution is -0.276. The molecule has 14 heteroatoms. The van der Waals surface area contributed by atoms with Gasteiger partial charge in [0.2, 0.25) is 5.95 Å². The van der Waals surface area contributed by atoms with Crippen LogP contribution < -0.4 is 15.1 Å². The normalized spacial score (nSPS) is 22.9. The molecule has 11 nitrogen and oxygen atoms in total. The number of rotatable bonds is 7. The molecule has 1 spiro atoms. The molecule has 0 amide bonds. The summed E-state index contributed by atoms with van der Waals surface area (Å²) in [5.74, 6) is -0.835. The SMILES string of the molecule is CC(C)c1nnc(N2CC(CS(C)(=O)=O)C2)c2cnc(Nc3ccnc(N4CC[C@@]5(CCO5)C(F)(F)C4)n3)cc12. The topological polar surface area (TPSA) is 126 Å². The lowest BCUT2D eigenvalue weighted by Gasteiger charge is -2.52. The number of halogens is 2. The zero-order valence-corrected chi connectivity index (χ0v) is 23.5. The van der Waals surface area contributed by atoms with Crippen LogP contribution in [0.5, 0.6) is 0 Å². The zero-order valence-electron chi connectivity index (χ0n) is 22.6. The molecule has 3 aromatic rings. The molecule has 0 saturated carbocycles. The van der Waals surface area contributed by atoms with Crippen LogP contribution in [0.3, 0.4) is 0 Å². The van der Waals surface area contributed by atoms with Crippen molar-refractivity contribution in [2.45, 2.75) is 44.1 Å². The molecular formula is C26H32F2N8O3S. The molecule has 3 aliphatic heterocycles. The number of piperidine rings is 1. The Kier molecular flexibility index (Phi) is 6.52. The van der Waals surface area contributed by atoms with Gasteiger partial charge in [-0.05, 0) is 18.1 Å². The Labute approximate surface area is 231 Å². The van der Waals surface area contributed by atoms with Gasteiger partial charge >= 0.3 is 0 Å². The average Bonchev–Trinajstić information content (AvgIpc) is 2.83. The number of ether oxygens (including phenoxy) is 1. The maximum atomic E-state index is 14.9. The molecule has 3 fully saturated rings. The number of sulfone groups is 1. The molecule has 0 aromatic carbocycles. The van der Waals surface area contributed by atoms with E-state index in [4.69, 9.17) is 4.74 Å². The Morgan fingerprint density at radius 1 is 1.12 bits per heavy atom. The summed E-state index contributed by atoms with van der Waals surface area (Å²) in [6.07, 6.45) is 5.10. The van der Waals surface area contributed by atoms with Gasteiger partial charge in [-0.1, -0.05) is 13.8 Å². The predicted octanol–water partition coefficient (Wildman–Crippen LogP) is 3.17. The van der Waals surface area contributed by atoms with Crippen molar-refractivity contribution >= 4 is 44.0 Å². The molecule has 6 rings (SSSR count). The summed E-state index contributed by atoms with van der Waals surface area (Å²) in [4.78, 5) is 16.8. The molecular weight excluding hydrogens is 542 g/mol. The zero-order chi connectivity index (χ0) is 28.3. The lowest BCUT2D eigenvalue weighted by Crippen LogP contribution is -2.66. The van der Waals surface area contributed by atoms with Crippen LogP contribution in [-0.4, -0.2) is 89.9 Å². The fourth-order valence-electron chi connectivity index (χ4n) is 5.73. The van der Waals surface area contributed by atoms with Crippen molar-refractivity contribution in [3.63, 3.8) is 0 Å². The van der Waals surface area contributed by atoms with Crippen LogP contribution in [0.25, 0.3) is 10.8 Å². The third kappa shape index (κ3) is 4.91. The molecule has 3 saturated heterocycles. The Hall–Kier alpha value is -3.26. The predicted molar refractivity (Wildman–Crippen MR) is 147 cm³/mol. The minimum Gasteiger partial charge on any atom is -0.368 e. The van der Waals surface area contributed by atoms with E-state index in [1.54, 1.807) is 12.3 Å². The molecule has 0 unspecified atom stereocenters. The lowest BCUT2D eigenvalue weighted by atomic mass is 9.81. The van der Waals surface area contributed by atoms with E-state index in [2.05, 4.69) is 30.5 Å². The fraction of sp³-hybridized carbons (Fsp3) is 0.577. The first-order chi connectivity index (χ1) is 18.9. The number of nitrogens with one attached hydrogen (secondary N) is 1. The van der Waals surface area contributed by atoms with Crippen molar-refractivity contribution < 1.29 is 21.9 Å². The van der Waals surface area contributed by atoms with E-state index < -0.39 is 27.9 Å². The van der Waals surface area contributed by atoms with Gasteiger partial charge in [0.1, 0.15) is 27.1 Å². The maximum Gasteiger partial charge on any atom is 0.293 e. The molecule has 214 valence electrons. The number of alkyl halides is 2. The van der Waals surface area contributed by atoms with E-state index in [-0.39, 0.29) is 30.0 Å². The summed E-state index contributed by atoms with van der Waals surface area (Å²) in [6, 6.07) is 3.54. The highest BCUT2D eigenvalue weighted by Crippen LogP contribution is 2.47. The molecule has 0 radical (unpaired) electrons. The van der Waals surface area contributed by atoms with Gasteiger partial charge in [-0.15, -0.1) is 5.10 Å². The number of anilines is 4. The highest BCUT2D eigenvalue weighted by molar-refractivity contribution is 7.90. The summed E-state index contributed by atoms with van der Waals surface area (Å²) in [6.45, 7) is 5.50. The van der Waals surface area contributed by atoms with Crippen LogP contribution in [0.2, 0.25) is 0 Å². The first-order valence-electron chi connectivity index (χ1n) is 13.4. The minimum atomic E-state index is -3.05. The highest BCUT2D eigenvalue weighted by Gasteiger charge is 2.61. The van der Waals surface area contributed by atoms with E-state index in [1.165, 1.54) is 17.4 Å². The van der Waals surface area contributed by atoms with E-state index in [0.717, 1.165) is 16.5 Å². The first kappa shape index (κ1) is 26.9. The van der Waals surface area contributed by atoms with Crippen molar-refractivity contribution in [3.05, 3.63) is 30.2 Å². The van der Waals surface area contributed by atoms with Crippen molar-refractivity contribution in [2.24, 2.45) is 5.92 Å². The van der Waals surface area contributed by atoms with Gasteiger partial charge in [-0.3, -0.25) is 0 Å². The van der Waals surface area contributed by atoms with Gasteiger partial charge in [0.05, 0.1) is 24.6 Å². The highest BCUT2D eigenvalue weighted by atomic mass is 32.2. The van der Waals surface area contributed by atoms with Gasteiger partial charge in [0, 0.05) is 67.8 Å². The molecule has 0 bridgehead atoms. The van der Waals surface area contributed by atoms with Crippen molar-refractivity contribution in [1.82, 2.24) is 25.1 Å². The number of nitrogens with zero attached hydrogens (tertiary/aromatic N) is 7. The summed E-state index contributed by atoms with van der Waals surface area (Å²) in [5.41, 5.74) is -0.543. The van der Waals surface area contributed by atoms with Gasteiger partial charge in [-0.25, -0.2) is 27.2 Å². The molecule has 3 aromatic heterocycles. The minimum absolute atomic E-state index is 0.0594. The van der Waals surface area contributed by atoms with Crippen LogP contribution in [0.15, 0.2) is 24.5 Å². The first-order valence-corrected chi connectivity index (χ1v) is 15.4.